The van der Waals surface area contributed by atoms with Gasteiger partial charge in [-0.2, -0.15) is 0 Å². The Morgan fingerprint density at radius 1 is 1.20 bits per heavy atom. The van der Waals surface area contributed by atoms with E-state index in [1.165, 1.54) is 5.01 Å². The van der Waals surface area contributed by atoms with Gasteiger partial charge in [-0.3, -0.25) is 0 Å². The molecule has 0 aliphatic carbocycles. The van der Waals surface area contributed by atoms with E-state index >= 15 is 0 Å². The van der Waals surface area contributed by atoms with Crippen molar-refractivity contribution in [2.75, 3.05) is 5.32 Å². The Kier molecular flexibility index (Phi) is 4.70. The third-order valence-electron chi connectivity index (χ3n) is 3.09. The molecule has 0 saturated carbocycles. The van der Waals surface area contributed by atoms with Gasteiger partial charge in [0, 0.05) is 23.1 Å². The summed E-state index contributed by atoms with van der Waals surface area (Å²) in [4.78, 5) is 13.5. The van der Waals surface area contributed by atoms with E-state index < -0.39 is 0 Å². The average molecular weight is 290 g/mol. The molecule has 2 aromatic rings. The van der Waals surface area contributed by atoms with E-state index in [2.05, 4.69) is 53.3 Å². The van der Waals surface area contributed by atoms with Crippen molar-refractivity contribution in [2.45, 2.75) is 53.0 Å². The lowest BCUT2D eigenvalue weighted by Gasteiger charge is -2.13. The van der Waals surface area contributed by atoms with E-state index in [0.29, 0.717) is 5.92 Å². The highest BCUT2D eigenvalue weighted by molar-refractivity contribution is 7.09. The predicted octanol–water partition coefficient (Wildman–Crippen LogP) is 4.10. The Morgan fingerprint density at radius 2 is 1.95 bits per heavy atom. The van der Waals surface area contributed by atoms with Gasteiger partial charge in [0.15, 0.2) is 0 Å². The average Bonchev–Trinajstić information content (AvgIpc) is 2.87. The maximum Gasteiger partial charge on any atom is 0.130 e. The fourth-order valence-electron chi connectivity index (χ4n) is 1.95. The number of nitrogens with one attached hydrogen (secondary N) is 1. The summed E-state index contributed by atoms with van der Waals surface area (Å²) in [6.07, 6.45) is 0.917. The summed E-state index contributed by atoms with van der Waals surface area (Å²) in [5.41, 5.74) is 2.14. The molecule has 0 amide bonds. The lowest BCUT2D eigenvalue weighted by Crippen LogP contribution is -2.10. The summed E-state index contributed by atoms with van der Waals surface area (Å²) >= 11 is 1.72. The minimum absolute atomic E-state index is 0.151. The maximum absolute atomic E-state index is 4.68. The van der Waals surface area contributed by atoms with Crippen molar-refractivity contribution in [1.82, 2.24) is 15.0 Å². The van der Waals surface area contributed by atoms with Crippen LogP contribution in [0.15, 0.2) is 11.4 Å². The molecule has 0 aliphatic heterocycles. The Labute approximate surface area is 124 Å². The summed E-state index contributed by atoms with van der Waals surface area (Å²) in [5, 5.41) is 6.73. The second-order valence-corrected chi connectivity index (χ2v) is 6.17. The second kappa shape index (κ2) is 6.31. The summed E-state index contributed by atoms with van der Waals surface area (Å²) in [6.45, 7) is 10.5. The number of hydrogen-bond acceptors (Lipinski definition) is 5. The van der Waals surface area contributed by atoms with Crippen molar-refractivity contribution in [1.29, 1.82) is 0 Å². The molecule has 1 unspecified atom stereocenters. The van der Waals surface area contributed by atoms with Crippen molar-refractivity contribution in [2.24, 2.45) is 0 Å². The number of thiazole rings is 1. The number of anilines is 1. The zero-order valence-corrected chi connectivity index (χ0v) is 13.6. The van der Waals surface area contributed by atoms with Gasteiger partial charge in [-0.15, -0.1) is 11.3 Å². The van der Waals surface area contributed by atoms with Gasteiger partial charge in [0.25, 0.3) is 0 Å². The van der Waals surface area contributed by atoms with Crippen LogP contribution in [0.2, 0.25) is 0 Å². The van der Waals surface area contributed by atoms with Gasteiger partial charge in [0.1, 0.15) is 11.6 Å². The highest BCUT2D eigenvalue weighted by Gasteiger charge is 2.13. The fraction of sp³-hybridized carbons (Fsp3) is 0.533. The smallest absolute Gasteiger partial charge is 0.130 e. The quantitative estimate of drug-likeness (QED) is 0.900. The molecule has 2 heterocycles. The highest BCUT2D eigenvalue weighted by Crippen LogP contribution is 2.24. The SMILES string of the molecule is CCc1cc(NC(C)c2csc(C(C)C)n2)nc(C)n1. The Hall–Kier alpha value is -1.49. The van der Waals surface area contributed by atoms with Gasteiger partial charge < -0.3 is 5.32 Å². The van der Waals surface area contributed by atoms with Crippen LogP contribution in [0, 0.1) is 6.92 Å². The summed E-state index contributed by atoms with van der Waals surface area (Å²) in [6, 6.07) is 2.16. The Morgan fingerprint density at radius 3 is 2.55 bits per heavy atom. The van der Waals surface area contributed by atoms with Gasteiger partial charge in [-0.1, -0.05) is 20.8 Å². The topological polar surface area (TPSA) is 50.7 Å². The molecule has 1 atom stereocenters. The van der Waals surface area contributed by atoms with Gasteiger partial charge in [-0.25, -0.2) is 15.0 Å². The third kappa shape index (κ3) is 3.54. The number of aryl methyl sites for hydroxylation is 2. The number of aromatic nitrogens is 3. The molecule has 1 N–H and O–H groups in total. The van der Waals surface area contributed by atoms with Gasteiger partial charge in [0.2, 0.25) is 0 Å². The predicted molar refractivity (Wildman–Crippen MR) is 84.4 cm³/mol. The molecule has 20 heavy (non-hydrogen) atoms. The first kappa shape index (κ1) is 14.9. The van der Waals surface area contributed by atoms with Crippen LogP contribution in [0.1, 0.15) is 61.9 Å². The van der Waals surface area contributed by atoms with Crippen molar-refractivity contribution in [3.05, 3.63) is 33.7 Å². The van der Waals surface area contributed by atoms with E-state index in [-0.39, 0.29) is 6.04 Å². The number of rotatable bonds is 5. The van der Waals surface area contributed by atoms with Crippen molar-refractivity contribution in [3.8, 4) is 0 Å². The van der Waals surface area contributed by atoms with Crippen molar-refractivity contribution >= 4 is 17.2 Å². The molecule has 108 valence electrons. The molecule has 0 aliphatic rings. The molecule has 4 nitrogen and oxygen atoms in total. The highest BCUT2D eigenvalue weighted by atomic mass is 32.1. The van der Waals surface area contributed by atoms with E-state index in [1.54, 1.807) is 11.3 Å². The molecule has 5 heteroatoms. The molecule has 0 aromatic carbocycles. The zero-order chi connectivity index (χ0) is 14.7. The lowest BCUT2D eigenvalue weighted by molar-refractivity contribution is 0.795. The number of nitrogens with zero attached hydrogens (tertiary/aromatic N) is 3. The Bertz CT molecular complexity index is 577. The standard InChI is InChI=1S/C15H22N4S/c1-6-12-7-14(18-11(5)17-12)16-10(4)13-8-20-15(19-13)9(2)3/h7-10H,6H2,1-5H3,(H,16,17,18). The molecule has 2 aromatic heterocycles. The monoisotopic (exact) mass is 290 g/mol. The number of hydrogen-bond donors (Lipinski definition) is 1. The van der Waals surface area contributed by atoms with E-state index in [9.17, 15) is 0 Å². The molecule has 0 radical (unpaired) electrons. The molecular formula is C15H22N4S. The Balaban J connectivity index is 2.14. The first-order valence-electron chi connectivity index (χ1n) is 7.06. The maximum atomic E-state index is 4.68. The summed E-state index contributed by atoms with van der Waals surface area (Å²) < 4.78 is 0. The van der Waals surface area contributed by atoms with Crippen LogP contribution in [0.4, 0.5) is 5.82 Å². The summed E-state index contributed by atoms with van der Waals surface area (Å²) in [5.74, 6) is 2.16. The van der Waals surface area contributed by atoms with Crippen molar-refractivity contribution < 1.29 is 0 Å². The minimum atomic E-state index is 0.151. The van der Waals surface area contributed by atoms with Crippen LogP contribution in [0.25, 0.3) is 0 Å². The van der Waals surface area contributed by atoms with Crippen LogP contribution in [0.3, 0.4) is 0 Å². The van der Waals surface area contributed by atoms with Gasteiger partial charge >= 0.3 is 0 Å². The minimum Gasteiger partial charge on any atom is -0.362 e. The van der Waals surface area contributed by atoms with Crippen LogP contribution in [-0.4, -0.2) is 15.0 Å². The normalized spacial score (nSPS) is 12.7. The van der Waals surface area contributed by atoms with E-state index in [0.717, 1.165) is 29.5 Å². The molecule has 0 fully saturated rings. The fourth-order valence-corrected chi connectivity index (χ4v) is 2.87. The third-order valence-corrected chi connectivity index (χ3v) is 4.26. The van der Waals surface area contributed by atoms with Crippen LogP contribution < -0.4 is 5.32 Å². The first-order valence-corrected chi connectivity index (χ1v) is 7.94. The zero-order valence-electron chi connectivity index (χ0n) is 12.8. The molecular weight excluding hydrogens is 268 g/mol. The van der Waals surface area contributed by atoms with E-state index in [4.69, 9.17) is 0 Å². The van der Waals surface area contributed by atoms with Crippen molar-refractivity contribution in [3.63, 3.8) is 0 Å². The molecule has 2 rings (SSSR count). The molecule has 0 saturated heterocycles. The van der Waals surface area contributed by atoms with Crippen LogP contribution in [-0.2, 0) is 6.42 Å². The van der Waals surface area contributed by atoms with Crippen LogP contribution in [0.5, 0.6) is 0 Å². The first-order chi connectivity index (χ1) is 9.49. The summed E-state index contributed by atoms with van der Waals surface area (Å²) in [7, 11) is 0. The largest absolute Gasteiger partial charge is 0.362 e. The van der Waals surface area contributed by atoms with Gasteiger partial charge in [0.05, 0.1) is 16.7 Å². The second-order valence-electron chi connectivity index (χ2n) is 5.28. The molecule has 0 bridgehead atoms. The van der Waals surface area contributed by atoms with Crippen LogP contribution >= 0.6 is 11.3 Å². The van der Waals surface area contributed by atoms with E-state index in [1.807, 2.05) is 13.0 Å². The lowest BCUT2D eigenvalue weighted by atomic mass is 10.2. The molecule has 0 spiro atoms. The van der Waals surface area contributed by atoms with Gasteiger partial charge in [-0.05, 0) is 20.3 Å².